The smallest absolute Gasteiger partial charge is 0.433 e. The molecule has 7 heteroatoms. The van der Waals surface area contributed by atoms with Crippen molar-refractivity contribution in [1.82, 2.24) is 4.98 Å². The highest BCUT2D eigenvalue weighted by atomic mass is 35.5. The summed E-state index contributed by atoms with van der Waals surface area (Å²) in [6.07, 6.45) is -4.01. The zero-order valence-corrected chi connectivity index (χ0v) is 8.89. The molecule has 0 saturated heterocycles. The molecule has 0 aliphatic carbocycles. The number of hydrogen-bond acceptors (Lipinski definition) is 3. The molecule has 0 unspecified atom stereocenters. The van der Waals surface area contributed by atoms with Gasteiger partial charge >= 0.3 is 12.1 Å². The number of aromatic nitrogens is 1. The fourth-order valence-electron chi connectivity index (χ4n) is 0.999. The number of ether oxygens (including phenoxy) is 1. The second-order valence-electron chi connectivity index (χ2n) is 2.91. The van der Waals surface area contributed by atoms with Crippen molar-refractivity contribution in [2.24, 2.45) is 0 Å². The van der Waals surface area contributed by atoms with Crippen molar-refractivity contribution in [2.45, 2.75) is 12.6 Å². The van der Waals surface area contributed by atoms with Crippen LogP contribution in [0.15, 0.2) is 12.3 Å². The van der Waals surface area contributed by atoms with Crippen LogP contribution in [-0.4, -0.2) is 18.1 Å². The summed E-state index contributed by atoms with van der Waals surface area (Å²) >= 11 is 5.61. The van der Waals surface area contributed by atoms with Crippen LogP contribution in [-0.2, 0) is 22.1 Å². The minimum Gasteiger partial charge on any atom is -0.469 e. The highest BCUT2D eigenvalue weighted by molar-refractivity contribution is 6.31. The minimum absolute atomic E-state index is 0.00148. The Kier molecular flexibility index (Phi) is 3.74. The number of halogens is 4. The van der Waals surface area contributed by atoms with Crippen molar-refractivity contribution in [1.29, 1.82) is 0 Å². The molecule has 0 fully saturated rings. The summed E-state index contributed by atoms with van der Waals surface area (Å²) in [5.74, 6) is -0.666. The molecule has 88 valence electrons. The molecule has 0 bridgehead atoms. The second kappa shape index (κ2) is 4.69. The van der Waals surface area contributed by atoms with Crippen molar-refractivity contribution in [2.75, 3.05) is 7.11 Å². The zero-order chi connectivity index (χ0) is 12.3. The number of carbonyl (C=O) groups is 1. The lowest BCUT2D eigenvalue weighted by atomic mass is 10.1. The summed E-state index contributed by atoms with van der Waals surface area (Å²) < 4.78 is 41.2. The number of rotatable bonds is 2. The first kappa shape index (κ1) is 12.8. The molecule has 1 aromatic rings. The second-order valence-corrected chi connectivity index (χ2v) is 3.32. The lowest BCUT2D eigenvalue weighted by Crippen LogP contribution is -2.11. The van der Waals surface area contributed by atoms with E-state index in [1.807, 2.05) is 0 Å². The van der Waals surface area contributed by atoms with Gasteiger partial charge in [0.1, 0.15) is 5.69 Å². The van der Waals surface area contributed by atoms with E-state index in [2.05, 4.69) is 9.72 Å². The molecule has 0 aliphatic rings. The van der Waals surface area contributed by atoms with Crippen molar-refractivity contribution in [3.8, 4) is 0 Å². The van der Waals surface area contributed by atoms with Gasteiger partial charge in [-0.15, -0.1) is 0 Å². The standard InChI is InChI=1S/C9H7ClF3NO2/c1-16-8(15)3-5-2-7(9(11,12)13)14-4-6(5)10/h2,4H,3H2,1H3. The van der Waals surface area contributed by atoms with E-state index in [-0.39, 0.29) is 17.0 Å². The quantitative estimate of drug-likeness (QED) is 0.760. The van der Waals surface area contributed by atoms with Crippen LogP contribution in [0.2, 0.25) is 5.02 Å². The third kappa shape index (κ3) is 3.10. The maximum absolute atomic E-state index is 12.3. The van der Waals surface area contributed by atoms with Crippen molar-refractivity contribution in [3.63, 3.8) is 0 Å². The van der Waals surface area contributed by atoms with E-state index in [4.69, 9.17) is 11.6 Å². The van der Waals surface area contributed by atoms with Crippen LogP contribution in [0.25, 0.3) is 0 Å². The molecular weight excluding hydrogens is 247 g/mol. The van der Waals surface area contributed by atoms with E-state index in [0.29, 0.717) is 0 Å². The van der Waals surface area contributed by atoms with Gasteiger partial charge in [0.15, 0.2) is 0 Å². The molecule has 16 heavy (non-hydrogen) atoms. The van der Waals surface area contributed by atoms with Crippen LogP contribution in [0, 0.1) is 0 Å². The Labute approximate surface area is 94.2 Å². The van der Waals surface area contributed by atoms with Gasteiger partial charge in [0.2, 0.25) is 0 Å². The van der Waals surface area contributed by atoms with Gasteiger partial charge in [0, 0.05) is 6.20 Å². The van der Waals surface area contributed by atoms with Crippen molar-refractivity contribution >= 4 is 17.6 Å². The SMILES string of the molecule is COC(=O)Cc1cc(C(F)(F)F)ncc1Cl. The van der Waals surface area contributed by atoms with E-state index in [1.54, 1.807) is 0 Å². The van der Waals surface area contributed by atoms with Crippen LogP contribution in [0.3, 0.4) is 0 Å². The molecule has 3 nitrogen and oxygen atoms in total. The highest BCUT2D eigenvalue weighted by Gasteiger charge is 2.33. The fourth-order valence-corrected chi connectivity index (χ4v) is 1.17. The van der Waals surface area contributed by atoms with Crippen LogP contribution < -0.4 is 0 Å². The van der Waals surface area contributed by atoms with Gasteiger partial charge in [-0.2, -0.15) is 13.2 Å². The van der Waals surface area contributed by atoms with E-state index in [9.17, 15) is 18.0 Å². The summed E-state index contributed by atoms with van der Waals surface area (Å²) in [4.78, 5) is 14.0. The molecule has 0 saturated carbocycles. The maximum Gasteiger partial charge on any atom is 0.433 e. The Morgan fingerprint density at radius 1 is 1.56 bits per heavy atom. The Bertz CT molecular complexity index is 406. The monoisotopic (exact) mass is 253 g/mol. The largest absolute Gasteiger partial charge is 0.469 e. The van der Waals surface area contributed by atoms with Gasteiger partial charge in [0.05, 0.1) is 18.6 Å². The first-order valence-electron chi connectivity index (χ1n) is 4.13. The minimum atomic E-state index is -4.56. The number of esters is 1. The molecule has 0 N–H and O–H groups in total. The number of methoxy groups -OCH3 is 1. The number of nitrogens with zero attached hydrogens (tertiary/aromatic N) is 1. The van der Waals surface area contributed by atoms with Gasteiger partial charge in [0.25, 0.3) is 0 Å². The molecule has 1 aromatic heterocycles. The normalized spacial score (nSPS) is 11.3. The Morgan fingerprint density at radius 3 is 2.69 bits per heavy atom. The molecule has 0 radical (unpaired) electrons. The van der Waals surface area contributed by atoms with E-state index in [0.717, 1.165) is 19.4 Å². The number of alkyl halides is 3. The van der Waals surface area contributed by atoms with E-state index in [1.165, 1.54) is 0 Å². The van der Waals surface area contributed by atoms with Gasteiger partial charge in [-0.3, -0.25) is 9.78 Å². The fraction of sp³-hybridized carbons (Fsp3) is 0.333. The predicted molar refractivity (Wildman–Crippen MR) is 50.0 cm³/mol. The lowest BCUT2D eigenvalue weighted by molar-refractivity contribution is -0.142. The molecule has 0 aliphatic heterocycles. The molecule has 0 atom stereocenters. The first-order valence-corrected chi connectivity index (χ1v) is 4.51. The Morgan fingerprint density at radius 2 is 2.19 bits per heavy atom. The van der Waals surface area contributed by atoms with Crippen molar-refractivity contribution < 1.29 is 22.7 Å². The van der Waals surface area contributed by atoms with E-state index < -0.39 is 17.8 Å². The molecule has 0 aromatic carbocycles. The van der Waals surface area contributed by atoms with Gasteiger partial charge < -0.3 is 4.74 Å². The summed E-state index contributed by atoms with van der Waals surface area (Å²) in [5, 5.41) is -0.00148. The summed E-state index contributed by atoms with van der Waals surface area (Å²) in [6, 6.07) is 0.735. The average molecular weight is 254 g/mol. The molecule has 0 spiro atoms. The maximum atomic E-state index is 12.3. The number of pyridine rings is 1. The number of hydrogen-bond donors (Lipinski definition) is 0. The van der Waals surface area contributed by atoms with E-state index >= 15 is 0 Å². The van der Waals surface area contributed by atoms with Gasteiger partial charge in [-0.1, -0.05) is 11.6 Å². The highest BCUT2D eigenvalue weighted by Crippen LogP contribution is 2.29. The van der Waals surface area contributed by atoms with Crippen LogP contribution in [0.4, 0.5) is 13.2 Å². The summed E-state index contributed by atoms with van der Waals surface area (Å²) in [6.45, 7) is 0. The zero-order valence-electron chi connectivity index (χ0n) is 8.14. The summed E-state index contributed by atoms with van der Waals surface area (Å²) in [7, 11) is 1.14. The summed E-state index contributed by atoms with van der Waals surface area (Å²) in [5.41, 5.74) is -1.05. The Hall–Kier alpha value is -1.30. The average Bonchev–Trinajstić information content (AvgIpc) is 2.19. The predicted octanol–water partition coefficient (Wildman–Crippen LogP) is 2.47. The van der Waals surface area contributed by atoms with Gasteiger partial charge in [-0.25, -0.2) is 0 Å². The third-order valence-corrected chi connectivity index (χ3v) is 2.13. The molecule has 1 rings (SSSR count). The first-order chi connectivity index (χ1) is 7.34. The molecule has 1 heterocycles. The van der Waals surface area contributed by atoms with Crippen molar-refractivity contribution in [3.05, 3.63) is 28.5 Å². The molecule has 0 amide bonds. The van der Waals surface area contributed by atoms with Gasteiger partial charge in [-0.05, 0) is 11.6 Å². The third-order valence-electron chi connectivity index (χ3n) is 1.79. The van der Waals surface area contributed by atoms with Crippen LogP contribution in [0.1, 0.15) is 11.3 Å². The van der Waals surface area contributed by atoms with Crippen LogP contribution in [0.5, 0.6) is 0 Å². The topological polar surface area (TPSA) is 39.2 Å². The lowest BCUT2D eigenvalue weighted by Gasteiger charge is -2.08. The molecular formula is C9H7ClF3NO2. The Balaban J connectivity index is 3.04. The number of carbonyl (C=O) groups excluding carboxylic acids is 1. The van der Waals surface area contributed by atoms with Crippen LogP contribution >= 0.6 is 11.6 Å².